The van der Waals surface area contributed by atoms with Gasteiger partial charge in [0.2, 0.25) is 0 Å². The second-order valence-corrected chi connectivity index (χ2v) is 7.33. The molecule has 1 saturated heterocycles. The van der Waals surface area contributed by atoms with E-state index in [2.05, 4.69) is 10.2 Å². The normalized spacial score (nSPS) is 22.6. The van der Waals surface area contributed by atoms with Crippen LogP contribution in [0.3, 0.4) is 0 Å². The highest BCUT2D eigenvalue weighted by molar-refractivity contribution is 7.91. The molecule has 18 heavy (non-hydrogen) atoms. The Morgan fingerprint density at radius 3 is 2.94 bits per heavy atom. The molecule has 7 heteroatoms. The minimum absolute atomic E-state index is 0.140. The van der Waals surface area contributed by atoms with E-state index in [9.17, 15) is 8.42 Å². The van der Waals surface area contributed by atoms with Crippen molar-refractivity contribution in [1.82, 2.24) is 14.6 Å². The third-order valence-electron chi connectivity index (χ3n) is 3.23. The summed E-state index contributed by atoms with van der Waals surface area (Å²) in [5.74, 6) is 1.45. The summed E-state index contributed by atoms with van der Waals surface area (Å²) in [5, 5.41) is 8.76. The zero-order valence-electron chi connectivity index (χ0n) is 9.58. The maximum Gasteiger partial charge on any atom is 0.160 e. The van der Waals surface area contributed by atoms with E-state index >= 15 is 0 Å². The van der Waals surface area contributed by atoms with Crippen LogP contribution in [0.4, 0.5) is 0 Å². The molecule has 1 atom stereocenters. The zero-order chi connectivity index (χ0) is 12.8. The number of aromatic nitrogens is 3. The van der Waals surface area contributed by atoms with Gasteiger partial charge >= 0.3 is 0 Å². The number of hydrogen-bond acceptors (Lipinski definition) is 4. The standard InChI is InChI=1S/C11H12ClN3O2S/c12-9-1-2-10-13-14-11(15(10)6-9)5-8-3-4-18(16,17)7-8/h1-2,6,8H,3-5,7H2. The van der Waals surface area contributed by atoms with Gasteiger partial charge < -0.3 is 0 Å². The Labute approximate surface area is 110 Å². The van der Waals surface area contributed by atoms with Gasteiger partial charge in [0.15, 0.2) is 15.5 Å². The van der Waals surface area contributed by atoms with Crippen LogP contribution in [-0.2, 0) is 16.3 Å². The minimum atomic E-state index is -2.84. The Bertz CT molecular complexity index is 695. The van der Waals surface area contributed by atoms with Crippen molar-refractivity contribution >= 4 is 27.1 Å². The first-order valence-corrected chi connectivity index (χ1v) is 7.93. The lowest BCUT2D eigenvalue weighted by atomic mass is 10.1. The molecule has 96 valence electrons. The Morgan fingerprint density at radius 2 is 2.22 bits per heavy atom. The molecule has 0 saturated carbocycles. The van der Waals surface area contributed by atoms with Gasteiger partial charge in [-0.1, -0.05) is 11.6 Å². The van der Waals surface area contributed by atoms with Gasteiger partial charge in [-0.2, -0.15) is 0 Å². The van der Waals surface area contributed by atoms with Crippen molar-refractivity contribution in [3.63, 3.8) is 0 Å². The van der Waals surface area contributed by atoms with Crippen LogP contribution in [-0.4, -0.2) is 34.5 Å². The second kappa shape index (κ2) is 4.20. The van der Waals surface area contributed by atoms with Crippen LogP contribution in [0, 0.1) is 5.92 Å². The average molecular weight is 286 g/mol. The summed E-state index contributed by atoms with van der Waals surface area (Å²) in [4.78, 5) is 0. The van der Waals surface area contributed by atoms with Crippen LogP contribution in [0.25, 0.3) is 5.65 Å². The summed E-state index contributed by atoms with van der Waals surface area (Å²) in [6, 6.07) is 3.56. The lowest BCUT2D eigenvalue weighted by Crippen LogP contribution is -2.09. The van der Waals surface area contributed by atoms with E-state index in [0.29, 0.717) is 17.9 Å². The summed E-state index contributed by atoms with van der Waals surface area (Å²) in [5.41, 5.74) is 0.732. The van der Waals surface area contributed by atoms with E-state index in [1.54, 1.807) is 18.3 Å². The Morgan fingerprint density at radius 1 is 1.39 bits per heavy atom. The number of hydrogen-bond donors (Lipinski definition) is 0. The third kappa shape index (κ3) is 2.22. The average Bonchev–Trinajstić information content (AvgIpc) is 2.84. The zero-order valence-corrected chi connectivity index (χ0v) is 11.2. The van der Waals surface area contributed by atoms with Crippen LogP contribution in [0.2, 0.25) is 5.02 Å². The van der Waals surface area contributed by atoms with Crippen molar-refractivity contribution in [3.8, 4) is 0 Å². The lowest BCUT2D eigenvalue weighted by molar-refractivity contribution is 0.566. The van der Waals surface area contributed by atoms with Gasteiger partial charge in [-0.3, -0.25) is 4.40 Å². The molecule has 3 rings (SSSR count). The number of halogens is 1. The maximum atomic E-state index is 11.4. The Hall–Kier alpha value is -1.14. The molecule has 0 amide bonds. The summed E-state index contributed by atoms with van der Waals surface area (Å²) < 4.78 is 24.7. The first-order valence-electron chi connectivity index (χ1n) is 5.73. The fourth-order valence-electron chi connectivity index (χ4n) is 2.34. The molecule has 0 bridgehead atoms. The molecular formula is C11H12ClN3O2S. The van der Waals surface area contributed by atoms with Crippen molar-refractivity contribution in [2.45, 2.75) is 12.8 Å². The van der Waals surface area contributed by atoms with E-state index in [4.69, 9.17) is 11.6 Å². The van der Waals surface area contributed by atoms with E-state index < -0.39 is 9.84 Å². The van der Waals surface area contributed by atoms with Crippen molar-refractivity contribution in [1.29, 1.82) is 0 Å². The highest BCUT2D eigenvalue weighted by Crippen LogP contribution is 2.22. The van der Waals surface area contributed by atoms with Gasteiger partial charge in [-0.05, 0) is 24.5 Å². The summed E-state index contributed by atoms with van der Waals surface area (Å²) >= 11 is 5.94. The van der Waals surface area contributed by atoms with Crippen LogP contribution in [0.5, 0.6) is 0 Å². The SMILES string of the molecule is O=S1(=O)CCC(Cc2nnc3ccc(Cl)cn23)C1. The monoisotopic (exact) mass is 285 g/mol. The molecule has 5 nitrogen and oxygen atoms in total. The third-order valence-corrected chi connectivity index (χ3v) is 5.30. The molecule has 0 N–H and O–H groups in total. The smallest absolute Gasteiger partial charge is 0.160 e. The quantitative estimate of drug-likeness (QED) is 0.836. The highest BCUT2D eigenvalue weighted by Gasteiger charge is 2.29. The molecule has 1 aliphatic heterocycles. The van der Waals surface area contributed by atoms with E-state index in [-0.39, 0.29) is 17.4 Å². The fourth-order valence-corrected chi connectivity index (χ4v) is 4.37. The predicted octanol–water partition coefficient (Wildman–Crippen LogP) is 1.36. The molecule has 0 radical (unpaired) electrons. The van der Waals surface area contributed by atoms with Crippen LogP contribution in [0.1, 0.15) is 12.2 Å². The van der Waals surface area contributed by atoms with Gasteiger partial charge in [0.1, 0.15) is 5.82 Å². The number of fused-ring (bicyclic) bond motifs is 1. The Balaban J connectivity index is 1.89. The van der Waals surface area contributed by atoms with Crippen molar-refractivity contribution in [2.75, 3.05) is 11.5 Å². The van der Waals surface area contributed by atoms with Gasteiger partial charge in [-0.15, -0.1) is 10.2 Å². The van der Waals surface area contributed by atoms with Gasteiger partial charge in [-0.25, -0.2) is 8.42 Å². The first kappa shape index (κ1) is 11.9. The fraction of sp³-hybridized carbons (Fsp3) is 0.455. The largest absolute Gasteiger partial charge is 0.285 e. The van der Waals surface area contributed by atoms with Crippen LogP contribution >= 0.6 is 11.6 Å². The van der Waals surface area contributed by atoms with Crippen LogP contribution in [0.15, 0.2) is 18.3 Å². The highest BCUT2D eigenvalue weighted by atomic mass is 35.5. The molecule has 2 aromatic heterocycles. The lowest BCUT2D eigenvalue weighted by Gasteiger charge is -2.05. The number of pyridine rings is 1. The molecular weight excluding hydrogens is 274 g/mol. The van der Waals surface area contributed by atoms with Gasteiger partial charge in [0.05, 0.1) is 16.5 Å². The van der Waals surface area contributed by atoms with Crippen molar-refractivity contribution in [3.05, 3.63) is 29.2 Å². The molecule has 1 unspecified atom stereocenters. The van der Waals surface area contributed by atoms with E-state index in [0.717, 1.165) is 11.5 Å². The molecule has 1 aliphatic rings. The maximum absolute atomic E-state index is 11.4. The molecule has 1 fully saturated rings. The van der Waals surface area contributed by atoms with E-state index in [1.165, 1.54) is 0 Å². The topological polar surface area (TPSA) is 64.3 Å². The number of rotatable bonds is 2. The molecule has 2 aromatic rings. The van der Waals surface area contributed by atoms with Crippen LogP contribution < -0.4 is 0 Å². The summed E-state index contributed by atoms with van der Waals surface area (Å²) in [7, 11) is -2.84. The predicted molar refractivity (Wildman–Crippen MR) is 68.5 cm³/mol. The number of nitrogens with zero attached hydrogens (tertiary/aromatic N) is 3. The molecule has 3 heterocycles. The summed E-state index contributed by atoms with van der Waals surface area (Å²) in [6.45, 7) is 0. The van der Waals surface area contributed by atoms with Gasteiger partial charge in [0.25, 0.3) is 0 Å². The molecule has 0 spiro atoms. The minimum Gasteiger partial charge on any atom is -0.285 e. The van der Waals surface area contributed by atoms with Gasteiger partial charge in [0, 0.05) is 12.6 Å². The second-order valence-electron chi connectivity index (χ2n) is 4.66. The molecule has 0 aliphatic carbocycles. The molecule has 0 aromatic carbocycles. The van der Waals surface area contributed by atoms with E-state index in [1.807, 2.05) is 4.40 Å². The van der Waals surface area contributed by atoms with Crippen molar-refractivity contribution < 1.29 is 8.42 Å². The van der Waals surface area contributed by atoms with Crippen molar-refractivity contribution in [2.24, 2.45) is 5.92 Å². The Kier molecular flexibility index (Phi) is 2.79. The first-order chi connectivity index (χ1) is 8.53. The summed E-state index contributed by atoms with van der Waals surface area (Å²) in [6.07, 6.45) is 3.09. The number of sulfone groups is 1.